The van der Waals surface area contributed by atoms with E-state index in [4.69, 9.17) is 5.73 Å². The van der Waals surface area contributed by atoms with Crippen LogP contribution in [0.4, 0.5) is 20.4 Å². The highest BCUT2D eigenvalue weighted by Gasteiger charge is 2.24. The number of hydrogen-bond donors (Lipinski definition) is 2. The van der Waals surface area contributed by atoms with Crippen molar-refractivity contribution in [3.63, 3.8) is 0 Å². The molecule has 0 spiro atoms. The van der Waals surface area contributed by atoms with Gasteiger partial charge in [0.05, 0.1) is 33.9 Å². The van der Waals surface area contributed by atoms with Crippen LogP contribution < -0.4 is 10.5 Å². The van der Waals surface area contributed by atoms with E-state index in [1.165, 1.54) is 36.5 Å². The number of sulfonamides is 1. The van der Waals surface area contributed by atoms with Crippen molar-refractivity contribution in [2.45, 2.75) is 32.1 Å². The molecular weight excluding hydrogens is 612 g/mol. The summed E-state index contributed by atoms with van der Waals surface area (Å²) in [4.78, 5) is 29.2. The minimum Gasteiger partial charge on any atom is -0.368 e. The molecule has 0 unspecified atom stereocenters. The Bertz CT molecular complexity index is 2000. The van der Waals surface area contributed by atoms with Crippen molar-refractivity contribution in [2.75, 3.05) is 43.7 Å². The van der Waals surface area contributed by atoms with E-state index in [2.05, 4.69) is 36.4 Å². The van der Waals surface area contributed by atoms with E-state index >= 15 is 4.39 Å². The Hall–Kier alpha value is -4.93. The van der Waals surface area contributed by atoms with Gasteiger partial charge in [-0.2, -0.15) is 0 Å². The third-order valence-electron chi connectivity index (χ3n) is 7.64. The van der Waals surface area contributed by atoms with E-state index in [1.807, 2.05) is 14.0 Å². The number of hydrogen-bond acceptors (Lipinski definition) is 8. The number of amides is 1. The van der Waals surface area contributed by atoms with E-state index in [-0.39, 0.29) is 28.8 Å². The molecule has 1 amide bonds. The number of carbonyl (C=O) groups excluding carboxylic acids is 1. The van der Waals surface area contributed by atoms with Gasteiger partial charge in [-0.15, -0.1) is 0 Å². The summed E-state index contributed by atoms with van der Waals surface area (Å²) in [5.41, 5.74) is 8.92. The molecule has 13 heteroatoms. The van der Waals surface area contributed by atoms with Crippen molar-refractivity contribution in [1.29, 1.82) is 0 Å². The molecule has 46 heavy (non-hydrogen) atoms. The number of aryl methyl sites for hydroxylation is 3. The number of piperazine rings is 1. The molecule has 2 aromatic heterocycles. The van der Waals surface area contributed by atoms with Gasteiger partial charge in [0, 0.05) is 43.5 Å². The lowest BCUT2D eigenvalue weighted by Crippen LogP contribution is -2.47. The zero-order chi connectivity index (χ0) is 33.2. The van der Waals surface area contributed by atoms with Gasteiger partial charge in [0.2, 0.25) is 5.95 Å². The number of nitrogens with one attached hydrogen (secondary N) is 1. The first-order chi connectivity index (χ1) is 21.9. The Balaban J connectivity index is 1.48. The van der Waals surface area contributed by atoms with Crippen molar-refractivity contribution < 1.29 is 22.0 Å². The molecule has 0 aliphatic carbocycles. The Labute approximate surface area is 266 Å². The zero-order valence-corrected chi connectivity index (χ0v) is 26.7. The van der Waals surface area contributed by atoms with Crippen LogP contribution in [0.3, 0.4) is 0 Å². The van der Waals surface area contributed by atoms with E-state index < -0.39 is 26.6 Å². The lowest BCUT2D eigenvalue weighted by Gasteiger charge is -2.32. The molecule has 1 saturated heterocycles. The van der Waals surface area contributed by atoms with Gasteiger partial charge in [-0.25, -0.2) is 27.2 Å². The van der Waals surface area contributed by atoms with Gasteiger partial charge in [-0.1, -0.05) is 30.9 Å². The molecule has 5 rings (SSSR count). The maximum absolute atomic E-state index is 15.4. The molecule has 0 radical (unpaired) electrons. The van der Waals surface area contributed by atoms with Crippen LogP contribution in [0.5, 0.6) is 0 Å². The molecule has 10 nitrogen and oxygen atoms in total. The summed E-state index contributed by atoms with van der Waals surface area (Å²) in [5, 5.41) is 0. The second-order valence-electron chi connectivity index (χ2n) is 11.0. The lowest BCUT2D eigenvalue weighted by molar-refractivity contribution is 0.0659. The summed E-state index contributed by atoms with van der Waals surface area (Å²) in [7, 11) is -2.29. The fraction of sp³-hybridized carbons (Fsp3) is 0.273. The Kier molecular flexibility index (Phi) is 9.32. The number of carbonyl (C=O) groups is 1. The van der Waals surface area contributed by atoms with Gasteiger partial charge in [0.15, 0.2) is 0 Å². The third-order valence-corrected chi connectivity index (χ3v) is 9.04. The molecule has 2 aromatic carbocycles. The van der Waals surface area contributed by atoms with Crippen LogP contribution in [0, 0.1) is 37.3 Å². The normalized spacial score (nSPS) is 13.7. The number of nitrogens with two attached hydrogens (primary N) is 1. The molecule has 1 aliphatic heterocycles. The molecular formula is C33H33F2N7O3S. The second kappa shape index (κ2) is 13.2. The highest BCUT2D eigenvalue weighted by Crippen LogP contribution is 2.28. The van der Waals surface area contributed by atoms with Gasteiger partial charge >= 0.3 is 0 Å². The molecule has 3 N–H and O–H groups in total. The lowest BCUT2D eigenvalue weighted by atomic mass is 10.0. The number of rotatable bonds is 6. The van der Waals surface area contributed by atoms with Crippen molar-refractivity contribution in [2.24, 2.45) is 0 Å². The minimum atomic E-state index is -4.26. The van der Waals surface area contributed by atoms with Crippen LogP contribution in [0.15, 0.2) is 53.6 Å². The topological polar surface area (TPSA) is 134 Å². The van der Waals surface area contributed by atoms with Crippen LogP contribution in [-0.4, -0.2) is 72.3 Å². The number of nitrogens with zero attached hydrogens (tertiary/aromatic N) is 5. The average molecular weight is 646 g/mol. The number of halogens is 2. The number of likely N-dealkylation sites (N-methyl/N-ethyl adjacent to an activating group) is 1. The highest BCUT2D eigenvalue weighted by molar-refractivity contribution is 7.92. The highest BCUT2D eigenvalue weighted by atomic mass is 32.2. The van der Waals surface area contributed by atoms with Crippen LogP contribution in [0.25, 0.3) is 11.3 Å². The van der Waals surface area contributed by atoms with Gasteiger partial charge in [-0.3, -0.25) is 14.5 Å². The van der Waals surface area contributed by atoms with Crippen LogP contribution >= 0.6 is 0 Å². The summed E-state index contributed by atoms with van der Waals surface area (Å²) >= 11 is 0. The average Bonchev–Trinajstić information content (AvgIpc) is 3.01. The van der Waals surface area contributed by atoms with Crippen molar-refractivity contribution in [3.05, 3.63) is 93.9 Å². The van der Waals surface area contributed by atoms with Crippen molar-refractivity contribution >= 4 is 27.6 Å². The molecule has 238 valence electrons. The fourth-order valence-electron chi connectivity index (χ4n) is 5.00. The summed E-state index contributed by atoms with van der Waals surface area (Å²) in [6, 6.07) is 9.61. The first-order valence-electron chi connectivity index (χ1n) is 14.6. The molecule has 3 heterocycles. The van der Waals surface area contributed by atoms with Crippen molar-refractivity contribution in [3.8, 4) is 23.1 Å². The quantitative estimate of drug-likeness (QED) is 0.299. The minimum absolute atomic E-state index is 0.0209. The molecule has 0 atom stereocenters. The molecule has 4 aromatic rings. The SMILES string of the molecule is CCc1nc(N)nc(-c2ccc(C(=O)N3CCN(C)CC3)c(F)c2)c1C#Cc1cnc(C)c(NS(=O)(=O)c2ccc(C)cc2F)c1. The Morgan fingerprint density at radius 3 is 2.41 bits per heavy atom. The smallest absolute Gasteiger partial charge is 0.264 e. The summed E-state index contributed by atoms with van der Waals surface area (Å²) in [6.07, 6.45) is 1.90. The number of nitrogen functional groups attached to an aromatic ring is 1. The zero-order valence-electron chi connectivity index (χ0n) is 25.9. The predicted molar refractivity (Wildman–Crippen MR) is 172 cm³/mol. The fourth-order valence-corrected chi connectivity index (χ4v) is 6.17. The summed E-state index contributed by atoms with van der Waals surface area (Å²) < 4.78 is 58.3. The summed E-state index contributed by atoms with van der Waals surface area (Å²) in [6.45, 7) is 7.57. The van der Waals surface area contributed by atoms with Gasteiger partial charge in [-0.05, 0) is 63.2 Å². The first-order valence-corrected chi connectivity index (χ1v) is 16.1. The number of benzene rings is 2. The van der Waals surface area contributed by atoms with Gasteiger partial charge in [0.1, 0.15) is 16.5 Å². The Morgan fingerprint density at radius 1 is 1.00 bits per heavy atom. The van der Waals surface area contributed by atoms with E-state index in [9.17, 15) is 17.6 Å². The molecule has 1 fully saturated rings. The van der Waals surface area contributed by atoms with E-state index in [0.717, 1.165) is 6.07 Å². The molecule has 0 saturated carbocycles. The number of aromatic nitrogens is 3. The van der Waals surface area contributed by atoms with E-state index in [0.29, 0.717) is 66.2 Å². The number of pyridine rings is 1. The van der Waals surface area contributed by atoms with Gasteiger partial charge < -0.3 is 15.5 Å². The van der Waals surface area contributed by atoms with Crippen LogP contribution in [0.1, 0.15) is 45.4 Å². The van der Waals surface area contributed by atoms with Crippen LogP contribution in [0.2, 0.25) is 0 Å². The predicted octanol–water partition coefficient (Wildman–Crippen LogP) is 4.17. The van der Waals surface area contributed by atoms with E-state index in [1.54, 1.807) is 24.8 Å². The number of anilines is 2. The molecule has 1 aliphatic rings. The summed E-state index contributed by atoms with van der Waals surface area (Å²) in [5.74, 6) is 4.04. The first kappa shape index (κ1) is 32.5. The maximum Gasteiger partial charge on any atom is 0.264 e. The maximum atomic E-state index is 15.4. The standard InChI is InChI=1S/C33H33F2N7O3S/c1-5-28-25(9-7-22-17-29(21(3)37-19-22)40-46(44,45)30-11-6-20(2)16-27(30)35)31(39-33(36)38-28)23-8-10-24(26(34)18-23)32(43)42-14-12-41(4)13-15-42/h6,8,10-11,16-19,40H,5,12-15H2,1-4H3,(H2,36,38,39). The van der Waals surface area contributed by atoms with Crippen molar-refractivity contribution in [1.82, 2.24) is 24.8 Å². The largest absolute Gasteiger partial charge is 0.368 e. The van der Waals surface area contributed by atoms with Gasteiger partial charge in [0.25, 0.3) is 15.9 Å². The monoisotopic (exact) mass is 645 g/mol. The third kappa shape index (κ3) is 6.98. The second-order valence-corrected chi connectivity index (χ2v) is 12.7. The molecule has 0 bridgehead atoms. The Morgan fingerprint density at radius 2 is 1.74 bits per heavy atom. The van der Waals surface area contributed by atoms with Crippen LogP contribution in [-0.2, 0) is 16.4 Å².